The second-order valence-corrected chi connectivity index (χ2v) is 6.59. The van der Waals surface area contributed by atoms with E-state index < -0.39 is 0 Å². The first-order valence-corrected chi connectivity index (χ1v) is 9.75. The molecule has 0 aliphatic carbocycles. The molecule has 0 heterocycles. The molecule has 0 radical (unpaired) electrons. The number of rotatable bonds is 11. The maximum absolute atomic E-state index is 6.14. The number of unbranched alkanes of at least 4 members (excludes halogenated alkanes) is 5. The van der Waals surface area contributed by atoms with Crippen molar-refractivity contribution in [1.82, 2.24) is 0 Å². The average molecular weight is 345 g/mol. The molecule has 24 heavy (non-hydrogen) atoms. The predicted octanol–water partition coefficient (Wildman–Crippen LogP) is 6.87. The summed E-state index contributed by atoms with van der Waals surface area (Å²) in [5.74, 6) is 1.81. The minimum atomic E-state index is 0.791. The zero-order chi connectivity index (χ0) is 17.0. The normalized spacial score (nSPS) is 10.8. The van der Waals surface area contributed by atoms with E-state index in [2.05, 4.69) is 55.5 Å². The van der Waals surface area contributed by atoms with Crippen LogP contribution >= 0.6 is 11.6 Å². The molecule has 2 aromatic carbocycles. The molecular formula is C22H29ClO. The van der Waals surface area contributed by atoms with E-state index in [1.807, 2.05) is 0 Å². The lowest BCUT2D eigenvalue weighted by Crippen LogP contribution is -2.00. The SMILES string of the molecule is CCc1ccc(-c2ccccc2)c(OCCCCCCCCCl)c1. The maximum atomic E-state index is 6.14. The molecule has 0 fully saturated rings. The smallest absolute Gasteiger partial charge is 0.127 e. The van der Waals surface area contributed by atoms with Gasteiger partial charge in [-0.1, -0.05) is 75.1 Å². The fourth-order valence-corrected chi connectivity index (χ4v) is 3.04. The van der Waals surface area contributed by atoms with Gasteiger partial charge in [0.05, 0.1) is 6.61 Å². The molecule has 0 saturated heterocycles. The van der Waals surface area contributed by atoms with E-state index in [9.17, 15) is 0 Å². The van der Waals surface area contributed by atoms with Crippen LogP contribution in [0.5, 0.6) is 5.75 Å². The van der Waals surface area contributed by atoms with Crippen LogP contribution in [0, 0.1) is 0 Å². The minimum absolute atomic E-state index is 0.791. The van der Waals surface area contributed by atoms with Gasteiger partial charge < -0.3 is 4.74 Å². The van der Waals surface area contributed by atoms with Crippen molar-refractivity contribution in [2.75, 3.05) is 12.5 Å². The summed E-state index contributed by atoms with van der Waals surface area (Å²) in [7, 11) is 0. The molecule has 2 rings (SSSR count). The average Bonchev–Trinajstić information content (AvgIpc) is 2.64. The van der Waals surface area contributed by atoms with Crippen LogP contribution in [0.1, 0.15) is 51.0 Å². The maximum Gasteiger partial charge on any atom is 0.127 e. The zero-order valence-electron chi connectivity index (χ0n) is 14.8. The molecular weight excluding hydrogens is 316 g/mol. The van der Waals surface area contributed by atoms with Crippen LogP contribution in [0.25, 0.3) is 11.1 Å². The quantitative estimate of drug-likeness (QED) is 0.319. The standard InChI is InChI=1S/C22H29ClO/c1-2-19-14-15-21(20-12-8-7-9-13-20)22(18-19)24-17-11-6-4-3-5-10-16-23/h7-9,12-15,18H,2-6,10-11,16-17H2,1H3. The van der Waals surface area contributed by atoms with Gasteiger partial charge >= 0.3 is 0 Å². The Labute approximate surface area is 152 Å². The van der Waals surface area contributed by atoms with Crippen molar-refractivity contribution in [2.24, 2.45) is 0 Å². The number of halogens is 1. The van der Waals surface area contributed by atoms with Crippen molar-refractivity contribution in [3.63, 3.8) is 0 Å². The van der Waals surface area contributed by atoms with Crippen molar-refractivity contribution in [3.8, 4) is 16.9 Å². The third kappa shape index (κ3) is 6.20. The lowest BCUT2D eigenvalue weighted by atomic mass is 10.0. The van der Waals surface area contributed by atoms with Gasteiger partial charge in [0.25, 0.3) is 0 Å². The second kappa shape index (κ2) is 11.1. The van der Waals surface area contributed by atoms with Crippen molar-refractivity contribution < 1.29 is 4.74 Å². The number of aryl methyl sites for hydroxylation is 1. The summed E-state index contributed by atoms with van der Waals surface area (Å²) in [4.78, 5) is 0. The molecule has 0 bridgehead atoms. The highest BCUT2D eigenvalue weighted by Crippen LogP contribution is 2.31. The monoisotopic (exact) mass is 344 g/mol. The zero-order valence-corrected chi connectivity index (χ0v) is 15.5. The summed E-state index contributed by atoms with van der Waals surface area (Å²) in [6, 6.07) is 17.1. The van der Waals surface area contributed by atoms with Crippen LogP contribution in [0.3, 0.4) is 0 Å². The van der Waals surface area contributed by atoms with Crippen LogP contribution < -0.4 is 4.74 Å². The van der Waals surface area contributed by atoms with E-state index in [1.54, 1.807) is 0 Å². The Bertz CT molecular complexity index is 580. The van der Waals surface area contributed by atoms with Crippen LogP contribution in [0.2, 0.25) is 0 Å². The van der Waals surface area contributed by atoms with Crippen LogP contribution in [-0.2, 0) is 6.42 Å². The minimum Gasteiger partial charge on any atom is -0.493 e. The molecule has 0 aliphatic rings. The van der Waals surface area contributed by atoms with E-state index in [0.29, 0.717) is 0 Å². The first-order chi connectivity index (χ1) is 11.8. The van der Waals surface area contributed by atoms with Crippen molar-refractivity contribution in [2.45, 2.75) is 51.9 Å². The van der Waals surface area contributed by atoms with Gasteiger partial charge in [-0.15, -0.1) is 11.6 Å². The number of hydrogen-bond donors (Lipinski definition) is 0. The van der Waals surface area contributed by atoms with Gasteiger partial charge in [-0.3, -0.25) is 0 Å². The molecule has 0 unspecified atom stereocenters. The molecule has 0 amide bonds. The Morgan fingerprint density at radius 3 is 2.25 bits per heavy atom. The second-order valence-electron chi connectivity index (χ2n) is 6.21. The molecule has 0 aliphatic heterocycles. The Kier molecular flexibility index (Phi) is 8.76. The van der Waals surface area contributed by atoms with Gasteiger partial charge in [0, 0.05) is 11.4 Å². The molecule has 2 aromatic rings. The molecule has 2 heteroatoms. The summed E-state index contributed by atoms with van der Waals surface area (Å²) >= 11 is 5.70. The lowest BCUT2D eigenvalue weighted by molar-refractivity contribution is 0.305. The Hall–Kier alpha value is -1.47. The topological polar surface area (TPSA) is 9.23 Å². The van der Waals surface area contributed by atoms with E-state index in [-0.39, 0.29) is 0 Å². The third-order valence-electron chi connectivity index (χ3n) is 4.32. The van der Waals surface area contributed by atoms with Crippen molar-refractivity contribution in [3.05, 3.63) is 54.1 Å². The van der Waals surface area contributed by atoms with Gasteiger partial charge in [-0.25, -0.2) is 0 Å². The molecule has 0 N–H and O–H groups in total. The van der Waals surface area contributed by atoms with E-state index in [0.717, 1.165) is 37.5 Å². The van der Waals surface area contributed by atoms with Gasteiger partial charge in [-0.05, 0) is 36.5 Å². The van der Waals surface area contributed by atoms with Gasteiger partial charge in [-0.2, -0.15) is 0 Å². The molecule has 0 saturated carbocycles. The van der Waals surface area contributed by atoms with Crippen molar-refractivity contribution >= 4 is 11.6 Å². The predicted molar refractivity (Wildman–Crippen MR) is 105 cm³/mol. The molecule has 0 spiro atoms. The Morgan fingerprint density at radius 2 is 1.54 bits per heavy atom. The van der Waals surface area contributed by atoms with Crippen molar-refractivity contribution in [1.29, 1.82) is 0 Å². The Morgan fingerprint density at radius 1 is 0.833 bits per heavy atom. The summed E-state index contributed by atoms with van der Waals surface area (Å²) in [5, 5.41) is 0. The fourth-order valence-electron chi connectivity index (χ4n) is 2.85. The van der Waals surface area contributed by atoms with Crippen LogP contribution in [-0.4, -0.2) is 12.5 Å². The summed E-state index contributed by atoms with van der Waals surface area (Å²) in [5.41, 5.74) is 3.73. The van der Waals surface area contributed by atoms with E-state index in [4.69, 9.17) is 16.3 Å². The van der Waals surface area contributed by atoms with Crippen LogP contribution in [0.15, 0.2) is 48.5 Å². The summed E-state index contributed by atoms with van der Waals surface area (Å²) < 4.78 is 6.14. The van der Waals surface area contributed by atoms with Crippen LogP contribution in [0.4, 0.5) is 0 Å². The summed E-state index contributed by atoms with van der Waals surface area (Å²) in [6.45, 7) is 2.98. The van der Waals surface area contributed by atoms with Gasteiger partial charge in [0.1, 0.15) is 5.75 Å². The van der Waals surface area contributed by atoms with Gasteiger partial charge in [0.2, 0.25) is 0 Å². The fraction of sp³-hybridized carbons (Fsp3) is 0.455. The molecule has 1 nitrogen and oxygen atoms in total. The van der Waals surface area contributed by atoms with E-state index in [1.165, 1.54) is 42.4 Å². The van der Waals surface area contributed by atoms with E-state index >= 15 is 0 Å². The molecule has 130 valence electrons. The number of hydrogen-bond acceptors (Lipinski definition) is 1. The first-order valence-electron chi connectivity index (χ1n) is 9.22. The highest BCUT2D eigenvalue weighted by molar-refractivity contribution is 6.17. The lowest BCUT2D eigenvalue weighted by Gasteiger charge is -2.13. The highest BCUT2D eigenvalue weighted by Gasteiger charge is 2.07. The van der Waals surface area contributed by atoms with Gasteiger partial charge in [0.15, 0.2) is 0 Å². The molecule has 0 atom stereocenters. The third-order valence-corrected chi connectivity index (χ3v) is 4.59. The number of benzene rings is 2. The Balaban J connectivity index is 1.89. The highest BCUT2D eigenvalue weighted by atomic mass is 35.5. The largest absolute Gasteiger partial charge is 0.493 e. The first kappa shape index (κ1) is 18.9. The number of alkyl halides is 1. The molecule has 0 aromatic heterocycles. The number of ether oxygens (including phenoxy) is 1. The summed E-state index contributed by atoms with van der Waals surface area (Å²) in [6.07, 6.45) is 8.34.